The zero-order chi connectivity index (χ0) is 22.9. The van der Waals surface area contributed by atoms with Gasteiger partial charge >= 0.3 is 0 Å². The van der Waals surface area contributed by atoms with Gasteiger partial charge in [-0.2, -0.15) is 5.26 Å². The van der Waals surface area contributed by atoms with Gasteiger partial charge in [0.2, 0.25) is 5.91 Å². The molecule has 1 heterocycles. The van der Waals surface area contributed by atoms with Crippen LogP contribution in [0.25, 0.3) is 11.3 Å². The number of aromatic nitrogens is 2. The molecule has 3 aromatic rings. The highest BCUT2D eigenvalue weighted by Gasteiger charge is 2.15. The highest BCUT2D eigenvalue weighted by molar-refractivity contribution is 7.99. The highest BCUT2D eigenvalue weighted by atomic mass is 32.2. The van der Waals surface area contributed by atoms with Gasteiger partial charge < -0.3 is 15.0 Å². The number of hydrogen-bond acceptors (Lipinski definition) is 6. The van der Waals surface area contributed by atoms with Crippen LogP contribution in [0.1, 0.15) is 24.5 Å². The Labute approximate surface area is 190 Å². The lowest BCUT2D eigenvalue weighted by Crippen LogP contribution is -2.34. The molecule has 2 aromatic carbocycles. The molecule has 0 bridgehead atoms. The van der Waals surface area contributed by atoms with Crippen molar-refractivity contribution in [2.45, 2.75) is 31.0 Å². The zero-order valence-electron chi connectivity index (χ0n) is 17.9. The second kappa shape index (κ2) is 11.2. The minimum absolute atomic E-state index is 0.0196. The molecule has 8 heteroatoms. The number of hydrogen-bond donors (Lipinski definition) is 2. The van der Waals surface area contributed by atoms with Gasteiger partial charge in [-0.25, -0.2) is 4.98 Å². The van der Waals surface area contributed by atoms with E-state index in [0.717, 1.165) is 24.6 Å². The molecule has 7 nitrogen and oxygen atoms in total. The quantitative estimate of drug-likeness (QED) is 0.383. The number of benzene rings is 2. The maximum Gasteiger partial charge on any atom is 0.270 e. The molecular formula is C24H24N4O3S. The monoisotopic (exact) mass is 448 g/mol. The molecule has 1 unspecified atom stereocenters. The van der Waals surface area contributed by atoms with Gasteiger partial charge in [0.25, 0.3) is 5.56 Å². The average Bonchev–Trinajstić information content (AvgIpc) is 2.82. The van der Waals surface area contributed by atoms with Gasteiger partial charge in [-0.3, -0.25) is 9.59 Å². The summed E-state index contributed by atoms with van der Waals surface area (Å²) in [5.41, 5.74) is 1.52. The zero-order valence-corrected chi connectivity index (χ0v) is 18.7. The second-order valence-corrected chi connectivity index (χ2v) is 8.18. The van der Waals surface area contributed by atoms with Crippen molar-refractivity contribution in [3.63, 3.8) is 0 Å². The van der Waals surface area contributed by atoms with Crippen molar-refractivity contribution in [2.75, 3.05) is 12.9 Å². The van der Waals surface area contributed by atoms with Gasteiger partial charge in [0.05, 0.1) is 18.6 Å². The largest absolute Gasteiger partial charge is 0.497 e. The number of carbonyl (C=O) groups excluding carboxylic acids is 1. The van der Waals surface area contributed by atoms with Crippen LogP contribution in [0.15, 0.2) is 64.5 Å². The van der Waals surface area contributed by atoms with Crippen LogP contribution in [0.4, 0.5) is 0 Å². The number of methoxy groups -OCH3 is 1. The Hall–Kier alpha value is -3.57. The molecule has 0 spiro atoms. The topological polar surface area (TPSA) is 108 Å². The SMILES string of the molecule is COc1ccc(-c2nc(SCC(=O)NC(C)CCc3ccccc3)[nH]c(=O)c2C#N)cc1. The number of nitrogens with one attached hydrogen (secondary N) is 2. The Balaban J connectivity index is 1.63. The van der Waals surface area contributed by atoms with Crippen molar-refractivity contribution in [1.82, 2.24) is 15.3 Å². The molecule has 32 heavy (non-hydrogen) atoms. The van der Waals surface area contributed by atoms with Crippen LogP contribution in [-0.4, -0.2) is 34.8 Å². The normalized spacial score (nSPS) is 11.4. The van der Waals surface area contributed by atoms with E-state index in [-0.39, 0.29) is 34.1 Å². The lowest BCUT2D eigenvalue weighted by molar-refractivity contribution is -0.119. The molecule has 0 aliphatic rings. The fourth-order valence-corrected chi connectivity index (χ4v) is 3.80. The third kappa shape index (κ3) is 6.22. The standard InChI is InChI=1S/C24H24N4O3S/c1-16(8-9-17-6-4-3-5-7-17)26-21(29)15-32-24-27-22(20(14-25)23(30)28-24)18-10-12-19(31-2)13-11-18/h3-7,10-13,16H,8-9,15H2,1-2H3,(H,26,29)(H,27,28,30). The smallest absolute Gasteiger partial charge is 0.270 e. The van der Waals surface area contributed by atoms with E-state index in [1.807, 2.05) is 31.2 Å². The number of aromatic amines is 1. The lowest BCUT2D eigenvalue weighted by atomic mass is 10.1. The summed E-state index contributed by atoms with van der Waals surface area (Å²) in [6, 6.07) is 19.0. The van der Waals surface area contributed by atoms with E-state index in [1.54, 1.807) is 31.4 Å². The summed E-state index contributed by atoms with van der Waals surface area (Å²) in [5, 5.41) is 12.7. The summed E-state index contributed by atoms with van der Waals surface area (Å²) in [5.74, 6) is 0.616. The molecule has 1 aromatic heterocycles. The van der Waals surface area contributed by atoms with Crippen molar-refractivity contribution in [3.8, 4) is 23.1 Å². The number of nitrogens with zero attached hydrogens (tertiary/aromatic N) is 2. The Morgan fingerprint density at radius 1 is 1.22 bits per heavy atom. The Morgan fingerprint density at radius 3 is 2.59 bits per heavy atom. The first-order valence-corrected chi connectivity index (χ1v) is 11.1. The Morgan fingerprint density at radius 2 is 1.94 bits per heavy atom. The Kier molecular flexibility index (Phi) is 8.06. The summed E-state index contributed by atoms with van der Waals surface area (Å²) in [4.78, 5) is 31.7. The van der Waals surface area contributed by atoms with Crippen LogP contribution in [0, 0.1) is 11.3 Å². The fraction of sp³-hybridized carbons (Fsp3) is 0.250. The van der Waals surface area contributed by atoms with Gasteiger partial charge in [-0.1, -0.05) is 42.1 Å². The summed E-state index contributed by atoms with van der Waals surface area (Å²) in [7, 11) is 1.56. The maximum atomic E-state index is 12.4. The second-order valence-electron chi connectivity index (χ2n) is 7.22. The van der Waals surface area contributed by atoms with E-state index in [1.165, 1.54) is 5.56 Å². The van der Waals surface area contributed by atoms with E-state index in [9.17, 15) is 14.9 Å². The molecule has 0 aliphatic carbocycles. The molecule has 0 radical (unpaired) electrons. The Bertz CT molecular complexity index is 1150. The summed E-state index contributed by atoms with van der Waals surface area (Å²) >= 11 is 1.12. The van der Waals surface area contributed by atoms with Crippen LogP contribution in [0.2, 0.25) is 0 Å². The van der Waals surface area contributed by atoms with E-state index in [4.69, 9.17) is 4.74 Å². The molecule has 0 fully saturated rings. The first kappa shape index (κ1) is 23.1. The van der Waals surface area contributed by atoms with Crippen molar-refractivity contribution in [1.29, 1.82) is 5.26 Å². The first-order chi connectivity index (χ1) is 15.5. The number of ether oxygens (including phenoxy) is 1. The van der Waals surface area contributed by atoms with Crippen LogP contribution in [-0.2, 0) is 11.2 Å². The number of rotatable bonds is 9. The van der Waals surface area contributed by atoms with E-state index in [2.05, 4.69) is 27.4 Å². The molecule has 164 valence electrons. The minimum Gasteiger partial charge on any atom is -0.497 e. The molecule has 0 saturated carbocycles. The van der Waals surface area contributed by atoms with Gasteiger partial charge in [0.1, 0.15) is 17.4 Å². The number of aryl methyl sites for hydroxylation is 1. The molecule has 0 saturated heterocycles. The number of thioether (sulfide) groups is 1. The van der Waals surface area contributed by atoms with Crippen LogP contribution in [0.3, 0.4) is 0 Å². The summed E-state index contributed by atoms with van der Waals surface area (Å²) in [6.07, 6.45) is 1.71. The molecular weight excluding hydrogens is 424 g/mol. The minimum atomic E-state index is -0.535. The van der Waals surface area contributed by atoms with Gasteiger partial charge in [0.15, 0.2) is 5.16 Å². The maximum absolute atomic E-state index is 12.4. The molecule has 2 N–H and O–H groups in total. The predicted molar refractivity (Wildman–Crippen MR) is 125 cm³/mol. The fourth-order valence-electron chi connectivity index (χ4n) is 3.13. The third-order valence-electron chi connectivity index (χ3n) is 4.83. The number of carbonyl (C=O) groups is 1. The highest BCUT2D eigenvalue weighted by Crippen LogP contribution is 2.24. The van der Waals surface area contributed by atoms with Gasteiger partial charge in [0, 0.05) is 11.6 Å². The molecule has 3 rings (SSSR count). The van der Waals surface area contributed by atoms with Crippen molar-refractivity contribution in [2.24, 2.45) is 0 Å². The van der Waals surface area contributed by atoms with E-state index >= 15 is 0 Å². The summed E-state index contributed by atoms with van der Waals surface area (Å²) < 4.78 is 5.15. The molecule has 1 amide bonds. The van der Waals surface area contributed by atoms with Gasteiger partial charge in [-0.05, 0) is 49.6 Å². The predicted octanol–water partition coefficient (Wildman–Crippen LogP) is 3.55. The van der Waals surface area contributed by atoms with Crippen molar-refractivity contribution < 1.29 is 9.53 Å². The number of H-pyrrole nitrogens is 1. The molecule has 0 aliphatic heterocycles. The van der Waals surface area contributed by atoms with Crippen molar-refractivity contribution in [3.05, 3.63) is 76.1 Å². The third-order valence-corrected chi connectivity index (χ3v) is 5.70. The first-order valence-electron chi connectivity index (χ1n) is 10.1. The van der Waals surface area contributed by atoms with Crippen LogP contribution < -0.4 is 15.6 Å². The summed E-state index contributed by atoms with van der Waals surface area (Å²) in [6.45, 7) is 1.97. The van der Waals surface area contributed by atoms with Crippen molar-refractivity contribution >= 4 is 17.7 Å². The lowest BCUT2D eigenvalue weighted by Gasteiger charge is -2.14. The van der Waals surface area contributed by atoms with Gasteiger partial charge in [-0.15, -0.1) is 0 Å². The van der Waals surface area contributed by atoms with E-state index < -0.39 is 5.56 Å². The van der Waals surface area contributed by atoms with E-state index in [0.29, 0.717) is 11.3 Å². The van der Waals surface area contributed by atoms with Crippen LogP contribution in [0.5, 0.6) is 5.75 Å². The molecule has 1 atom stereocenters. The number of nitriles is 1. The average molecular weight is 449 g/mol. The number of amides is 1. The van der Waals surface area contributed by atoms with Crippen LogP contribution >= 0.6 is 11.8 Å².